The predicted molar refractivity (Wildman–Crippen MR) is 82.9 cm³/mol. The summed E-state index contributed by atoms with van der Waals surface area (Å²) in [5.41, 5.74) is 2.02. The van der Waals surface area contributed by atoms with E-state index in [9.17, 15) is 4.79 Å². The molecule has 5 nitrogen and oxygen atoms in total. The van der Waals surface area contributed by atoms with Gasteiger partial charge in [-0.2, -0.15) is 11.3 Å². The van der Waals surface area contributed by atoms with Crippen LogP contribution < -0.4 is 5.32 Å². The fourth-order valence-electron chi connectivity index (χ4n) is 2.11. The molecule has 0 aliphatic carbocycles. The van der Waals surface area contributed by atoms with Crippen LogP contribution in [0.25, 0.3) is 10.9 Å². The maximum Gasteiger partial charge on any atom is 0.335 e. The predicted octanol–water partition coefficient (Wildman–Crippen LogP) is 3.56. The highest BCUT2D eigenvalue weighted by Crippen LogP contribution is 2.25. The topological polar surface area (TPSA) is 75.1 Å². The first-order valence-corrected chi connectivity index (χ1v) is 7.36. The minimum Gasteiger partial charge on any atom is -0.478 e. The van der Waals surface area contributed by atoms with Gasteiger partial charge in [-0.15, -0.1) is 0 Å². The molecule has 6 heteroatoms. The molecule has 2 aromatic heterocycles. The first-order valence-electron chi connectivity index (χ1n) is 6.42. The largest absolute Gasteiger partial charge is 0.478 e. The molecule has 3 aromatic rings. The molecule has 0 radical (unpaired) electrons. The van der Waals surface area contributed by atoms with Gasteiger partial charge in [0.15, 0.2) is 0 Å². The molecule has 0 aliphatic rings. The molecule has 0 spiro atoms. The second kappa shape index (κ2) is 5.49. The summed E-state index contributed by atoms with van der Waals surface area (Å²) in [6, 6.07) is 7.04. The molecule has 1 atom stereocenters. The Morgan fingerprint density at radius 1 is 1.33 bits per heavy atom. The van der Waals surface area contributed by atoms with Gasteiger partial charge in [-0.25, -0.2) is 14.8 Å². The van der Waals surface area contributed by atoms with E-state index in [-0.39, 0.29) is 11.6 Å². The van der Waals surface area contributed by atoms with Gasteiger partial charge >= 0.3 is 5.97 Å². The molecular formula is C15H13N3O2S. The standard InChI is InChI=1S/C15H13N3O2S/c1-9(11-4-5-21-7-11)18-14-12-3-2-10(15(19)20)6-13(12)16-8-17-14/h2-9H,1H3,(H,19,20)(H,16,17,18). The van der Waals surface area contributed by atoms with Crippen LogP contribution in [0.15, 0.2) is 41.4 Å². The van der Waals surface area contributed by atoms with Crippen molar-refractivity contribution in [3.05, 3.63) is 52.5 Å². The maximum absolute atomic E-state index is 11.0. The molecular weight excluding hydrogens is 286 g/mol. The van der Waals surface area contributed by atoms with Gasteiger partial charge in [-0.3, -0.25) is 0 Å². The SMILES string of the molecule is CC(Nc1ncnc2cc(C(=O)O)ccc12)c1ccsc1. The monoisotopic (exact) mass is 299 g/mol. The Morgan fingerprint density at radius 3 is 2.90 bits per heavy atom. The van der Waals surface area contributed by atoms with Gasteiger partial charge in [0.05, 0.1) is 17.1 Å². The lowest BCUT2D eigenvalue weighted by atomic mass is 10.1. The quantitative estimate of drug-likeness (QED) is 0.770. The molecule has 1 unspecified atom stereocenters. The Labute approximate surface area is 125 Å². The lowest BCUT2D eigenvalue weighted by Gasteiger charge is -2.14. The second-order valence-electron chi connectivity index (χ2n) is 4.68. The number of aromatic carboxylic acids is 1. The Morgan fingerprint density at radius 2 is 2.19 bits per heavy atom. The summed E-state index contributed by atoms with van der Waals surface area (Å²) >= 11 is 1.65. The third-order valence-corrected chi connectivity index (χ3v) is 3.98. The molecule has 0 saturated carbocycles. The molecule has 1 aromatic carbocycles. The molecule has 0 amide bonds. The Hall–Kier alpha value is -2.47. The minimum absolute atomic E-state index is 0.119. The summed E-state index contributed by atoms with van der Waals surface area (Å²) in [4.78, 5) is 19.4. The second-order valence-corrected chi connectivity index (χ2v) is 5.46. The molecule has 0 bridgehead atoms. The van der Waals surface area contributed by atoms with Gasteiger partial charge in [0, 0.05) is 5.39 Å². The number of carboxylic acids is 1. The highest BCUT2D eigenvalue weighted by atomic mass is 32.1. The zero-order valence-electron chi connectivity index (χ0n) is 11.3. The number of hydrogen-bond acceptors (Lipinski definition) is 5. The van der Waals surface area contributed by atoms with Crippen molar-refractivity contribution in [2.24, 2.45) is 0 Å². The van der Waals surface area contributed by atoms with Crippen LogP contribution in [0, 0.1) is 0 Å². The minimum atomic E-state index is -0.961. The Kier molecular flexibility index (Phi) is 3.53. The fraction of sp³-hybridized carbons (Fsp3) is 0.133. The van der Waals surface area contributed by atoms with Crippen molar-refractivity contribution in [2.45, 2.75) is 13.0 Å². The van der Waals surface area contributed by atoms with E-state index in [2.05, 4.69) is 33.7 Å². The number of nitrogens with zero attached hydrogens (tertiary/aromatic N) is 2. The van der Waals surface area contributed by atoms with Crippen molar-refractivity contribution >= 4 is 34.0 Å². The number of nitrogens with one attached hydrogen (secondary N) is 1. The molecule has 2 heterocycles. The Balaban J connectivity index is 1.97. The van der Waals surface area contributed by atoms with Crippen LogP contribution in [0.1, 0.15) is 28.9 Å². The molecule has 0 saturated heterocycles. The van der Waals surface area contributed by atoms with Crippen molar-refractivity contribution in [1.29, 1.82) is 0 Å². The van der Waals surface area contributed by atoms with E-state index in [0.717, 1.165) is 5.39 Å². The van der Waals surface area contributed by atoms with Gasteiger partial charge in [0.1, 0.15) is 12.1 Å². The summed E-state index contributed by atoms with van der Waals surface area (Å²) in [6.07, 6.45) is 1.44. The number of rotatable bonds is 4. The van der Waals surface area contributed by atoms with Crippen LogP contribution in [-0.4, -0.2) is 21.0 Å². The lowest BCUT2D eigenvalue weighted by molar-refractivity contribution is 0.0697. The van der Waals surface area contributed by atoms with Crippen molar-refractivity contribution in [1.82, 2.24) is 9.97 Å². The van der Waals surface area contributed by atoms with Crippen molar-refractivity contribution in [2.75, 3.05) is 5.32 Å². The van der Waals surface area contributed by atoms with E-state index >= 15 is 0 Å². The van der Waals surface area contributed by atoms with Crippen LogP contribution in [-0.2, 0) is 0 Å². The lowest BCUT2D eigenvalue weighted by Crippen LogP contribution is -2.08. The highest BCUT2D eigenvalue weighted by Gasteiger charge is 2.11. The van der Waals surface area contributed by atoms with E-state index in [1.54, 1.807) is 29.5 Å². The van der Waals surface area contributed by atoms with Gasteiger partial charge in [-0.05, 0) is 47.5 Å². The third-order valence-electron chi connectivity index (χ3n) is 3.28. The zero-order valence-corrected chi connectivity index (χ0v) is 12.1. The molecule has 0 fully saturated rings. The van der Waals surface area contributed by atoms with Crippen molar-refractivity contribution < 1.29 is 9.90 Å². The van der Waals surface area contributed by atoms with Crippen molar-refractivity contribution in [3.63, 3.8) is 0 Å². The summed E-state index contributed by atoms with van der Waals surface area (Å²) in [5, 5.41) is 17.3. The fourth-order valence-corrected chi connectivity index (χ4v) is 2.87. The van der Waals surface area contributed by atoms with Gasteiger partial charge in [0.2, 0.25) is 0 Å². The maximum atomic E-state index is 11.0. The number of benzene rings is 1. The molecule has 21 heavy (non-hydrogen) atoms. The highest BCUT2D eigenvalue weighted by molar-refractivity contribution is 7.08. The normalized spacial score (nSPS) is 12.2. The van der Waals surface area contributed by atoms with E-state index in [4.69, 9.17) is 5.11 Å². The van der Waals surface area contributed by atoms with Crippen LogP contribution in [0.5, 0.6) is 0 Å². The van der Waals surface area contributed by atoms with Crippen LogP contribution in [0.3, 0.4) is 0 Å². The molecule has 0 aliphatic heterocycles. The summed E-state index contributed by atoms with van der Waals surface area (Å²) in [5.74, 6) is -0.257. The van der Waals surface area contributed by atoms with E-state index in [0.29, 0.717) is 11.3 Å². The number of carboxylic acid groups (broad SMARTS) is 1. The van der Waals surface area contributed by atoms with Gasteiger partial charge < -0.3 is 10.4 Å². The summed E-state index contributed by atoms with van der Waals surface area (Å²) < 4.78 is 0. The van der Waals surface area contributed by atoms with E-state index in [1.807, 2.05) is 5.38 Å². The number of anilines is 1. The third kappa shape index (κ3) is 2.71. The first-order chi connectivity index (χ1) is 10.1. The van der Waals surface area contributed by atoms with Gasteiger partial charge in [0.25, 0.3) is 0 Å². The summed E-state index contributed by atoms with van der Waals surface area (Å²) in [7, 11) is 0. The van der Waals surface area contributed by atoms with Crippen LogP contribution in [0.2, 0.25) is 0 Å². The number of thiophene rings is 1. The summed E-state index contributed by atoms with van der Waals surface area (Å²) in [6.45, 7) is 2.06. The smallest absolute Gasteiger partial charge is 0.335 e. The van der Waals surface area contributed by atoms with Crippen LogP contribution >= 0.6 is 11.3 Å². The zero-order chi connectivity index (χ0) is 14.8. The molecule has 2 N–H and O–H groups in total. The average Bonchev–Trinajstić information content (AvgIpc) is 3.01. The van der Waals surface area contributed by atoms with Crippen LogP contribution in [0.4, 0.5) is 5.82 Å². The van der Waals surface area contributed by atoms with Gasteiger partial charge in [-0.1, -0.05) is 0 Å². The molecule has 3 rings (SSSR count). The van der Waals surface area contributed by atoms with Crippen molar-refractivity contribution in [3.8, 4) is 0 Å². The van der Waals surface area contributed by atoms with E-state index in [1.165, 1.54) is 11.9 Å². The molecule has 106 valence electrons. The number of fused-ring (bicyclic) bond motifs is 1. The first kappa shape index (κ1) is 13.5. The number of aromatic nitrogens is 2. The number of carbonyl (C=O) groups is 1. The average molecular weight is 299 g/mol. The van der Waals surface area contributed by atoms with E-state index < -0.39 is 5.97 Å². The Bertz CT molecular complexity index is 787. The number of hydrogen-bond donors (Lipinski definition) is 2.